The van der Waals surface area contributed by atoms with Crippen LogP contribution in [0, 0.1) is 0 Å². The van der Waals surface area contributed by atoms with Crippen LogP contribution >= 0.6 is 0 Å². The van der Waals surface area contributed by atoms with Crippen LogP contribution in [0.25, 0.3) is 44.0 Å². The standard InChI is InChI=1S/C21H15N3O/c25-12-13-5-6-15-17-8-10-23-20(21(17)24-19(15)11-13)16-7-9-22-18-4-2-1-3-14(16)18/h1-11,24-25H,12H2. The fourth-order valence-corrected chi connectivity index (χ4v) is 3.48. The van der Waals surface area contributed by atoms with Crippen molar-refractivity contribution in [2.24, 2.45) is 0 Å². The molecule has 120 valence electrons. The van der Waals surface area contributed by atoms with Gasteiger partial charge in [0.15, 0.2) is 0 Å². The molecular weight excluding hydrogens is 310 g/mol. The predicted octanol–water partition coefficient (Wildman–Crippen LogP) is 4.42. The van der Waals surface area contributed by atoms with Gasteiger partial charge in [0.25, 0.3) is 0 Å². The number of nitrogens with zero attached hydrogens (tertiary/aromatic N) is 2. The Balaban J connectivity index is 1.87. The van der Waals surface area contributed by atoms with E-state index in [1.165, 1.54) is 0 Å². The second-order valence-corrected chi connectivity index (χ2v) is 6.12. The van der Waals surface area contributed by atoms with Gasteiger partial charge in [0.2, 0.25) is 0 Å². The number of aliphatic hydroxyl groups excluding tert-OH is 1. The summed E-state index contributed by atoms with van der Waals surface area (Å²) >= 11 is 0. The van der Waals surface area contributed by atoms with Gasteiger partial charge in [0, 0.05) is 39.6 Å². The molecule has 0 spiro atoms. The van der Waals surface area contributed by atoms with Crippen molar-refractivity contribution >= 4 is 32.7 Å². The zero-order chi connectivity index (χ0) is 16.8. The minimum atomic E-state index is 0.0331. The summed E-state index contributed by atoms with van der Waals surface area (Å²) in [6.07, 6.45) is 3.67. The number of H-pyrrole nitrogens is 1. The normalized spacial score (nSPS) is 11.6. The van der Waals surface area contributed by atoms with Crippen LogP contribution in [-0.2, 0) is 6.61 Å². The number of para-hydroxylation sites is 1. The molecule has 0 fully saturated rings. The van der Waals surface area contributed by atoms with Crippen LogP contribution in [-0.4, -0.2) is 20.1 Å². The Morgan fingerprint density at radius 3 is 2.64 bits per heavy atom. The van der Waals surface area contributed by atoms with Crippen molar-refractivity contribution in [3.63, 3.8) is 0 Å². The summed E-state index contributed by atoms with van der Waals surface area (Å²) in [5.74, 6) is 0. The van der Waals surface area contributed by atoms with E-state index >= 15 is 0 Å². The third-order valence-corrected chi connectivity index (χ3v) is 4.67. The molecular formula is C21H15N3O. The highest BCUT2D eigenvalue weighted by atomic mass is 16.3. The molecule has 5 rings (SSSR count). The largest absolute Gasteiger partial charge is 0.392 e. The number of fused-ring (bicyclic) bond motifs is 4. The van der Waals surface area contributed by atoms with E-state index in [1.807, 2.05) is 60.9 Å². The maximum Gasteiger partial charge on any atom is 0.0950 e. The number of rotatable bonds is 2. The molecule has 4 heteroatoms. The van der Waals surface area contributed by atoms with Crippen LogP contribution in [0.3, 0.4) is 0 Å². The lowest BCUT2D eigenvalue weighted by Gasteiger charge is -2.06. The molecule has 0 aliphatic carbocycles. The minimum absolute atomic E-state index is 0.0331. The fraction of sp³-hybridized carbons (Fsp3) is 0.0476. The quantitative estimate of drug-likeness (QED) is 0.505. The van der Waals surface area contributed by atoms with Crippen LogP contribution < -0.4 is 0 Å². The Morgan fingerprint density at radius 1 is 0.840 bits per heavy atom. The lowest BCUT2D eigenvalue weighted by molar-refractivity contribution is 0.282. The first-order valence-corrected chi connectivity index (χ1v) is 8.19. The Hall–Kier alpha value is -3.24. The van der Waals surface area contributed by atoms with Gasteiger partial charge in [-0.15, -0.1) is 0 Å². The van der Waals surface area contributed by atoms with Crippen molar-refractivity contribution in [3.8, 4) is 11.3 Å². The highest BCUT2D eigenvalue weighted by Crippen LogP contribution is 2.34. The summed E-state index contributed by atoms with van der Waals surface area (Å²) in [5, 5.41) is 12.7. The van der Waals surface area contributed by atoms with Gasteiger partial charge >= 0.3 is 0 Å². The Labute approximate surface area is 143 Å². The smallest absolute Gasteiger partial charge is 0.0950 e. The van der Waals surface area contributed by atoms with E-state index < -0.39 is 0 Å². The molecule has 0 unspecified atom stereocenters. The van der Waals surface area contributed by atoms with Gasteiger partial charge in [-0.1, -0.05) is 30.3 Å². The molecule has 25 heavy (non-hydrogen) atoms. The van der Waals surface area contributed by atoms with Gasteiger partial charge < -0.3 is 10.1 Å². The van der Waals surface area contributed by atoms with Crippen LogP contribution in [0.1, 0.15) is 5.56 Å². The van der Waals surface area contributed by atoms with Crippen molar-refractivity contribution in [1.29, 1.82) is 0 Å². The Bertz CT molecular complexity index is 1230. The van der Waals surface area contributed by atoms with Crippen molar-refractivity contribution in [2.45, 2.75) is 6.61 Å². The molecule has 0 amide bonds. The van der Waals surface area contributed by atoms with E-state index in [4.69, 9.17) is 0 Å². The summed E-state index contributed by atoms with van der Waals surface area (Å²) in [6.45, 7) is 0.0331. The maximum absolute atomic E-state index is 9.39. The highest BCUT2D eigenvalue weighted by Gasteiger charge is 2.13. The van der Waals surface area contributed by atoms with E-state index in [0.717, 1.165) is 49.5 Å². The average Bonchev–Trinajstić information content (AvgIpc) is 3.05. The zero-order valence-corrected chi connectivity index (χ0v) is 13.4. The van der Waals surface area contributed by atoms with Crippen LogP contribution in [0.2, 0.25) is 0 Å². The number of aliphatic hydroxyl groups is 1. The molecule has 2 aromatic carbocycles. The van der Waals surface area contributed by atoms with Crippen LogP contribution in [0.5, 0.6) is 0 Å². The topological polar surface area (TPSA) is 61.8 Å². The molecule has 0 aliphatic heterocycles. The molecule has 0 saturated carbocycles. The van der Waals surface area contributed by atoms with Crippen LogP contribution in [0.4, 0.5) is 0 Å². The van der Waals surface area contributed by atoms with Crippen molar-refractivity contribution < 1.29 is 5.11 Å². The fourth-order valence-electron chi connectivity index (χ4n) is 3.48. The van der Waals surface area contributed by atoms with Crippen molar-refractivity contribution in [3.05, 3.63) is 72.6 Å². The second-order valence-electron chi connectivity index (χ2n) is 6.12. The number of aromatic nitrogens is 3. The SMILES string of the molecule is OCc1ccc2c(c1)[nH]c1c(-c3ccnc4ccccc34)nccc12. The lowest BCUT2D eigenvalue weighted by atomic mass is 10.0. The maximum atomic E-state index is 9.39. The van der Waals surface area contributed by atoms with Gasteiger partial charge in [-0.2, -0.15) is 0 Å². The summed E-state index contributed by atoms with van der Waals surface area (Å²) in [6, 6.07) is 18.1. The van der Waals surface area contributed by atoms with E-state index in [-0.39, 0.29) is 6.61 Å². The first kappa shape index (κ1) is 14.1. The van der Waals surface area contributed by atoms with Gasteiger partial charge in [-0.3, -0.25) is 9.97 Å². The number of pyridine rings is 2. The van der Waals surface area contributed by atoms with Crippen LogP contribution in [0.15, 0.2) is 67.0 Å². The number of hydrogen-bond donors (Lipinski definition) is 2. The van der Waals surface area contributed by atoms with E-state index in [1.54, 1.807) is 0 Å². The number of hydrogen-bond acceptors (Lipinski definition) is 3. The number of aromatic amines is 1. The van der Waals surface area contributed by atoms with Gasteiger partial charge in [-0.25, -0.2) is 0 Å². The first-order valence-electron chi connectivity index (χ1n) is 8.19. The molecule has 0 radical (unpaired) electrons. The van der Waals surface area contributed by atoms with E-state index in [0.29, 0.717) is 0 Å². The average molecular weight is 325 g/mol. The molecule has 0 aliphatic rings. The summed E-state index contributed by atoms with van der Waals surface area (Å²) < 4.78 is 0. The minimum Gasteiger partial charge on any atom is -0.392 e. The number of benzene rings is 2. The van der Waals surface area contributed by atoms with E-state index in [2.05, 4.69) is 21.0 Å². The molecule has 3 aromatic heterocycles. The molecule has 0 atom stereocenters. The van der Waals surface area contributed by atoms with Crippen molar-refractivity contribution in [2.75, 3.05) is 0 Å². The lowest BCUT2D eigenvalue weighted by Crippen LogP contribution is -1.88. The molecule has 2 N–H and O–H groups in total. The zero-order valence-electron chi connectivity index (χ0n) is 13.4. The molecule has 0 bridgehead atoms. The number of nitrogens with one attached hydrogen (secondary N) is 1. The Morgan fingerprint density at radius 2 is 1.72 bits per heavy atom. The Kier molecular flexibility index (Phi) is 3.05. The summed E-state index contributed by atoms with van der Waals surface area (Å²) in [5.41, 5.74) is 5.83. The third-order valence-electron chi connectivity index (χ3n) is 4.67. The summed E-state index contributed by atoms with van der Waals surface area (Å²) in [4.78, 5) is 12.6. The predicted molar refractivity (Wildman–Crippen MR) is 100 cm³/mol. The molecule has 3 heterocycles. The van der Waals surface area contributed by atoms with Gasteiger partial charge in [0.1, 0.15) is 0 Å². The van der Waals surface area contributed by atoms with Gasteiger partial charge in [0.05, 0.1) is 23.3 Å². The van der Waals surface area contributed by atoms with Gasteiger partial charge in [-0.05, 0) is 29.8 Å². The monoisotopic (exact) mass is 325 g/mol. The van der Waals surface area contributed by atoms with E-state index in [9.17, 15) is 5.11 Å². The second kappa shape index (κ2) is 5.40. The summed E-state index contributed by atoms with van der Waals surface area (Å²) in [7, 11) is 0. The highest BCUT2D eigenvalue weighted by molar-refractivity contribution is 6.12. The molecule has 0 saturated heterocycles. The third kappa shape index (κ3) is 2.12. The molecule has 4 nitrogen and oxygen atoms in total. The van der Waals surface area contributed by atoms with Crippen molar-refractivity contribution in [1.82, 2.24) is 15.0 Å². The molecule has 5 aromatic rings. The first-order chi connectivity index (χ1) is 12.3.